The second-order valence-corrected chi connectivity index (χ2v) is 11.8. The number of hydrogen-bond acceptors (Lipinski definition) is 5. The van der Waals surface area contributed by atoms with Crippen LogP contribution in [0.4, 0.5) is 11.4 Å². The number of nitrogens with one attached hydrogen (secondary N) is 1. The van der Waals surface area contributed by atoms with Crippen molar-refractivity contribution in [3.05, 3.63) is 53.6 Å². The Hall–Kier alpha value is -2.38. The van der Waals surface area contributed by atoms with Crippen LogP contribution in [-0.2, 0) is 16.4 Å². The fraction of sp³-hybridized carbons (Fsp3) is 0.519. The minimum absolute atomic E-state index is 0.0244. The number of sulfonamides is 1. The first-order valence-corrected chi connectivity index (χ1v) is 14.0. The lowest BCUT2D eigenvalue weighted by molar-refractivity contribution is 0.0979. The fourth-order valence-electron chi connectivity index (χ4n) is 4.93. The standard InChI is InChI=1S/C27H37N3O3S/c1-4-21-5-7-23(8-6-21)30(18-20(2)3)34(32,33)24-9-10-26-25(17-24)27(31)13-16-29(26)19-22-11-14-28-15-12-22/h5-10,17,20,22,28H,4,11-16,18-19H2,1-3H3. The summed E-state index contributed by atoms with van der Waals surface area (Å²) >= 11 is 0. The maximum Gasteiger partial charge on any atom is 0.264 e. The highest BCUT2D eigenvalue weighted by molar-refractivity contribution is 7.92. The molecule has 0 aliphatic carbocycles. The zero-order valence-corrected chi connectivity index (χ0v) is 21.4. The summed E-state index contributed by atoms with van der Waals surface area (Å²) in [6, 6.07) is 12.8. The van der Waals surface area contributed by atoms with Crippen LogP contribution in [-0.4, -0.2) is 46.9 Å². The Morgan fingerprint density at radius 1 is 1.09 bits per heavy atom. The summed E-state index contributed by atoms with van der Waals surface area (Å²) in [5.41, 5.74) is 3.23. The number of hydrogen-bond donors (Lipinski definition) is 1. The number of anilines is 2. The molecule has 34 heavy (non-hydrogen) atoms. The highest BCUT2D eigenvalue weighted by Gasteiger charge is 2.30. The lowest BCUT2D eigenvalue weighted by Crippen LogP contribution is -2.40. The van der Waals surface area contributed by atoms with Crippen LogP contribution in [0.2, 0.25) is 0 Å². The Morgan fingerprint density at radius 2 is 1.79 bits per heavy atom. The molecule has 0 spiro atoms. The number of rotatable bonds is 8. The molecule has 1 saturated heterocycles. The van der Waals surface area contributed by atoms with Crippen molar-refractivity contribution in [3.63, 3.8) is 0 Å². The Labute approximate surface area is 204 Å². The van der Waals surface area contributed by atoms with Crippen molar-refractivity contribution in [2.75, 3.05) is 41.9 Å². The molecule has 2 aromatic rings. The van der Waals surface area contributed by atoms with Gasteiger partial charge in [-0.15, -0.1) is 0 Å². The van der Waals surface area contributed by atoms with E-state index in [4.69, 9.17) is 0 Å². The smallest absolute Gasteiger partial charge is 0.264 e. The predicted molar refractivity (Wildman–Crippen MR) is 138 cm³/mol. The molecule has 1 fully saturated rings. The van der Waals surface area contributed by atoms with E-state index in [0.717, 1.165) is 44.6 Å². The summed E-state index contributed by atoms with van der Waals surface area (Å²) in [6.07, 6.45) is 3.59. The predicted octanol–water partition coefficient (Wildman–Crippen LogP) is 4.49. The number of piperidine rings is 1. The number of fused-ring (bicyclic) bond motifs is 1. The molecule has 6 nitrogen and oxygen atoms in total. The van der Waals surface area contributed by atoms with Gasteiger partial charge in [0.1, 0.15) is 0 Å². The molecule has 0 aromatic heterocycles. The summed E-state index contributed by atoms with van der Waals surface area (Å²) in [5, 5.41) is 3.40. The van der Waals surface area contributed by atoms with Gasteiger partial charge in [-0.1, -0.05) is 32.9 Å². The Balaban J connectivity index is 1.66. The van der Waals surface area contributed by atoms with Gasteiger partial charge in [-0.2, -0.15) is 0 Å². The largest absolute Gasteiger partial charge is 0.370 e. The topological polar surface area (TPSA) is 69.7 Å². The third-order valence-corrected chi connectivity index (χ3v) is 8.70. The van der Waals surface area contributed by atoms with Crippen molar-refractivity contribution in [1.82, 2.24) is 5.32 Å². The van der Waals surface area contributed by atoms with Gasteiger partial charge in [-0.3, -0.25) is 9.10 Å². The van der Waals surface area contributed by atoms with Crippen molar-refractivity contribution in [2.45, 2.75) is 51.3 Å². The zero-order chi connectivity index (χ0) is 24.3. The molecule has 0 amide bonds. The molecule has 2 aromatic carbocycles. The molecule has 184 valence electrons. The van der Waals surface area contributed by atoms with Gasteiger partial charge in [0.05, 0.1) is 10.6 Å². The van der Waals surface area contributed by atoms with E-state index in [9.17, 15) is 13.2 Å². The molecular formula is C27H37N3O3S. The van der Waals surface area contributed by atoms with Crippen LogP contribution in [0.25, 0.3) is 0 Å². The molecule has 4 rings (SSSR count). The lowest BCUT2D eigenvalue weighted by atomic mass is 9.94. The average Bonchev–Trinajstić information content (AvgIpc) is 2.84. The second-order valence-electron chi connectivity index (χ2n) is 9.94. The van der Waals surface area contributed by atoms with Crippen molar-refractivity contribution in [3.8, 4) is 0 Å². The summed E-state index contributed by atoms with van der Waals surface area (Å²) in [6.45, 7) is 10.2. The van der Waals surface area contributed by atoms with Crippen LogP contribution in [0.1, 0.15) is 56.0 Å². The number of carbonyl (C=O) groups excluding carboxylic acids is 1. The molecular weight excluding hydrogens is 446 g/mol. The normalized spacial score (nSPS) is 17.2. The van der Waals surface area contributed by atoms with Crippen LogP contribution in [0.3, 0.4) is 0 Å². The van der Waals surface area contributed by atoms with Gasteiger partial charge in [0.2, 0.25) is 0 Å². The molecule has 7 heteroatoms. The average molecular weight is 484 g/mol. The minimum Gasteiger partial charge on any atom is -0.370 e. The quantitative estimate of drug-likeness (QED) is 0.599. The van der Waals surface area contributed by atoms with Crippen LogP contribution in [0, 0.1) is 11.8 Å². The summed E-state index contributed by atoms with van der Waals surface area (Å²) in [5.74, 6) is 0.773. The van der Waals surface area contributed by atoms with Gasteiger partial charge in [-0.25, -0.2) is 8.42 Å². The van der Waals surface area contributed by atoms with E-state index < -0.39 is 10.0 Å². The van der Waals surface area contributed by atoms with Crippen molar-refractivity contribution < 1.29 is 13.2 Å². The molecule has 0 bridgehead atoms. The van der Waals surface area contributed by atoms with E-state index in [1.54, 1.807) is 12.1 Å². The maximum atomic E-state index is 13.8. The van der Waals surface area contributed by atoms with E-state index >= 15 is 0 Å². The van der Waals surface area contributed by atoms with Crippen LogP contribution >= 0.6 is 0 Å². The molecule has 0 atom stereocenters. The molecule has 0 saturated carbocycles. The third-order valence-electron chi connectivity index (χ3n) is 6.91. The molecule has 2 heterocycles. The van der Waals surface area contributed by atoms with E-state index in [-0.39, 0.29) is 16.6 Å². The molecule has 2 aliphatic heterocycles. The monoisotopic (exact) mass is 483 g/mol. The first-order chi connectivity index (χ1) is 16.3. The summed E-state index contributed by atoms with van der Waals surface area (Å²) in [4.78, 5) is 15.3. The zero-order valence-electron chi connectivity index (χ0n) is 20.6. The SMILES string of the molecule is CCc1ccc(N(CC(C)C)S(=O)(=O)c2ccc3c(c2)C(=O)CCN3CC2CCNCC2)cc1. The fourth-order valence-corrected chi connectivity index (χ4v) is 6.59. The van der Waals surface area contributed by atoms with E-state index in [1.807, 2.05) is 44.2 Å². The molecule has 0 radical (unpaired) electrons. The van der Waals surface area contributed by atoms with Crippen LogP contribution in [0.5, 0.6) is 0 Å². The van der Waals surface area contributed by atoms with Gasteiger partial charge in [-0.05, 0) is 80.1 Å². The number of aryl methyl sites for hydroxylation is 1. The van der Waals surface area contributed by atoms with Gasteiger partial charge in [0.15, 0.2) is 5.78 Å². The van der Waals surface area contributed by atoms with Gasteiger partial charge >= 0.3 is 0 Å². The number of Topliss-reactive ketones (excluding diaryl/α,β-unsaturated/α-hetero) is 1. The Bertz CT molecular complexity index is 1110. The molecule has 0 unspecified atom stereocenters. The first-order valence-electron chi connectivity index (χ1n) is 12.5. The van der Waals surface area contributed by atoms with Gasteiger partial charge in [0, 0.05) is 37.3 Å². The highest BCUT2D eigenvalue weighted by atomic mass is 32.2. The van der Waals surface area contributed by atoms with Gasteiger partial charge in [0.25, 0.3) is 10.0 Å². The second kappa shape index (κ2) is 10.5. The minimum atomic E-state index is -3.82. The van der Waals surface area contributed by atoms with Crippen molar-refractivity contribution in [2.24, 2.45) is 11.8 Å². The summed E-state index contributed by atoms with van der Waals surface area (Å²) in [7, 11) is -3.82. The van der Waals surface area contributed by atoms with E-state index in [0.29, 0.717) is 36.7 Å². The van der Waals surface area contributed by atoms with E-state index in [2.05, 4.69) is 17.1 Å². The number of ketones is 1. The molecule has 1 N–H and O–H groups in total. The number of nitrogens with zero attached hydrogens (tertiary/aromatic N) is 2. The van der Waals surface area contributed by atoms with E-state index in [1.165, 1.54) is 9.87 Å². The Morgan fingerprint density at radius 3 is 2.44 bits per heavy atom. The molecule has 2 aliphatic rings. The Kier molecular flexibility index (Phi) is 7.63. The van der Waals surface area contributed by atoms with Crippen molar-refractivity contribution in [1.29, 1.82) is 0 Å². The summed E-state index contributed by atoms with van der Waals surface area (Å²) < 4.78 is 29.1. The maximum absolute atomic E-state index is 13.8. The number of carbonyl (C=O) groups is 1. The lowest BCUT2D eigenvalue weighted by Gasteiger charge is -2.35. The third kappa shape index (κ3) is 5.31. The van der Waals surface area contributed by atoms with Crippen LogP contribution in [0.15, 0.2) is 47.4 Å². The first kappa shape index (κ1) is 24.7. The highest BCUT2D eigenvalue weighted by Crippen LogP contribution is 2.33. The van der Waals surface area contributed by atoms with Crippen molar-refractivity contribution >= 4 is 27.2 Å². The van der Waals surface area contributed by atoms with Crippen LogP contribution < -0.4 is 14.5 Å². The number of benzene rings is 2. The van der Waals surface area contributed by atoms with Gasteiger partial charge < -0.3 is 10.2 Å².